The summed E-state index contributed by atoms with van der Waals surface area (Å²) in [5.74, 6) is 1.06. The van der Waals surface area contributed by atoms with E-state index in [1.807, 2.05) is 35.9 Å². The fourth-order valence-electron chi connectivity index (χ4n) is 3.98. The monoisotopic (exact) mass is 358 g/mol. The molecule has 0 unspecified atom stereocenters. The Balaban J connectivity index is 1.38. The van der Waals surface area contributed by atoms with Gasteiger partial charge in [0, 0.05) is 57.0 Å². The second-order valence-electron chi connectivity index (χ2n) is 7.89. The van der Waals surface area contributed by atoms with Crippen molar-refractivity contribution in [1.29, 1.82) is 0 Å². The van der Waals surface area contributed by atoms with Crippen molar-refractivity contribution in [2.45, 2.75) is 45.6 Å². The molecule has 2 aliphatic rings. The molecule has 0 bridgehead atoms. The van der Waals surface area contributed by atoms with Crippen LogP contribution in [0.3, 0.4) is 0 Å². The SMILES string of the molecule is CC(C)N1C[C@H](CNC(=O)N2CCC(Cc3cccnc3)CC2)CC1=O. The number of piperidine rings is 1. The first-order chi connectivity index (χ1) is 12.5. The molecular formula is C20H30N4O2. The minimum absolute atomic E-state index is 0.0141. The maximum Gasteiger partial charge on any atom is 0.317 e. The molecular weight excluding hydrogens is 328 g/mol. The number of nitrogens with zero attached hydrogens (tertiary/aromatic N) is 3. The third-order valence-electron chi connectivity index (χ3n) is 5.55. The minimum atomic E-state index is 0.0141. The van der Waals surface area contributed by atoms with E-state index in [-0.39, 0.29) is 23.9 Å². The van der Waals surface area contributed by atoms with Crippen LogP contribution in [0.2, 0.25) is 0 Å². The maximum absolute atomic E-state index is 12.4. The highest BCUT2D eigenvalue weighted by molar-refractivity contribution is 5.79. The first kappa shape index (κ1) is 18.7. The number of hydrogen-bond acceptors (Lipinski definition) is 3. The van der Waals surface area contributed by atoms with Gasteiger partial charge in [-0.25, -0.2) is 4.79 Å². The normalized spacial score (nSPS) is 21.5. The summed E-state index contributed by atoms with van der Waals surface area (Å²) in [6.07, 6.45) is 7.39. The summed E-state index contributed by atoms with van der Waals surface area (Å²) in [4.78, 5) is 32.4. The average molecular weight is 358 g/mol. The van der Waals surface area contributed by atoms with Gasteiger partial charge in [-0.2, -0.15) is 0 Å². The number of aromatic nitrogens is 1. The van der Waals surface area contributed by atoms with Crippen LogP contribution in [0.5, 0.6) is 0 Å². The van der Waals surface area contributed by atoms with Crippen molar-refractivity contribution < 1.29 is 9.59 Å². The smallest absolute Gasteiger partial charge is 0.317 e. The van der Waals surface area contributed by atoms with Gasteiger partial charge in [-0.05, 0) is 50.7 Å². The first-order valence-electron chi connectivity index (χ1n) is 9.74. The number of carbonyl (C=O) groups is 2. The van der Waals surface area contributed by atoms with Crippen molar-refractivity contribution in [3.8, 4) is 0 Å². The van der Waals surface area contributed by atoms with Crippen molar-refractivity contribution in [3.63, 3.8) is 0 Å². The second-order valence-corrected chi connectivity index (χ2v) is 7.89. The number of rotatable bonds is 5. The molecule has 0 saturated carbocycles. The Morgan fingerprint density at radius 2 is 2.08 bits per heavy atom. The number of urea groups is 1. The van der Waals surface area contributed by atoms with E-state index in [4.69, 9.17) is 0 Å². The van der Waals surface area contributed by atoms with Gasteiger partial charge in [0.1, 0.15) is 0 Å². The Morgan fingerprint density at radius 3 is 2.69 bits per heavy atom. The van der Waals surface area contributed by atoms with Gasteiger partial charge in [0.15, 0.2) is 0 Å². The molecule has 0 radical (unpaired) electrons. The molecule has 142 valence electrons. The number of carbonyl (C=O) groups excluding carboxylic acids is 2. The maximum atomic E-state index is 12.4. The quantitative estimate of drug-likeness (QED) is 0.878. The van der Waals surface area contributed by atoms with E-state index in [9.17, 15) is 9.59 Å². The minimum Gasteiger partial charge on any atom is -0.340 e. The lowest BCUT2D eigenvalue weighted by Gasteiger charge is -2.32. The van der Waals surface area contributed by atoms with Gasteiger partial charge >= 0.3 is 6.03 Å². The molecule has 0 aromatic carbocycles. The molecule has 6 heteroatoms. The zero-order chi connectivity index (χ0) is 18.5. The second kappa shape index (κ2) is 8.52. The lowest BCUT2D eigenvalue weighted by atomic mass is 9.91. The number of likely N-dealkylation sites (tertiary alicyclic amines) is 2. The van der Waals surface area contributed by atoms with E-state index in [1.165, 1.54) is 5.56 Å². The van der Waals surface area contributed by atoms with E-state index in [2.05, 4.69) is 16.4 Å². The van der Waals surface area contributed by atoms with E-state index < -0.39 is 0 Å². The molecule has 3 rings (SSSR count). The fourth-order valence-corrected chi connectivity index (χ4v) is 3.98. The van der Waals surface area contributed by atoms with E-state index in [0.29, 0.717) is 18.9 Å². The van der Waals surface area contributed by atoms with Crippen LogP contribution in [0.15, 0.2) is 24.5 Å². The summed E-state index contributed by atoms with van der Waals surface area (Å²) in [6, 6.07) is 4.35. The lowest BCUT2D eigenvalue weighted by Crippen LogP contribution is -2.46. The van der Waals surface area contributed by atoms with Crippen LogP contribution in [-0.4, -0.2) is 58.9 Å². The Kier molecular flexibility index (Phi) is 6.12. The summed E-state index contributed by atoms with van der Waals surface area (Å²) in [5, 5.41) is 3.04. The highest BCUT2D eigenvalue weighted by atomic mass is 16.2. The van der Waals surface area contributed by atoms with Crippen LogP contribution in [0.4, 0.5) is 4.79 Å². The van der Waals surface area contributed by atoms with E-state index >= 15 is 0 Å². The summed E-state index contributed by atoms with van der Waals surface area (Å²) in [5.41, 5.74) is 1.27. The first-order valence-corrected chi connectivity index (χ1v) is 9.74. The molecule has 2 aliphatic heterocycles. The third kappa shape index (κ3) is 4.74. The zero-order valence-corrected chi connectivity index (χ0v) is 15.9. The van der Waals surface area contributed by atoms with Gasteiger partial charge in [0.05, 0.1) is 0 Å². The summed E-state index contributed by atoms with van der Waals surface area (Å²) >= 11 is 0. The largest absolute Gasteiger partial charge is 0.340 e. The molecule has 3 amide bonds. The number of hydrogen-bond donors (Lipinski definition) is 1. The summed E-state index contributed by atoms with van der Waals surface area (Å²) in [7, 11) is 0. The number of pyridine rings is 1. The molecule has 26 heavy (non-hydrogen) atoms. The van der Waals surface area contributed by atoms with Gasteiger partial charge < -0.3 is 15.1 Å². The number of amides is 3. The standard InChI is InChI=1S/C20H30N4O2/c1-15(2)24-14-18(11-19(24)25)13-22-20(26)23-8-5-16(6-9-23)10-17-4-3-7-21-12-17/h3-4,7,12,15-16,18H,5-6,8-11,13-14H2,1-2H3,(H,22,26)/t18-/m0/s1. The molecule has 2 fully saturated rings. The topological polar surface area (TPSA) is 65.5 Å². The van der Waals surface area contributed by atoms with Gasteiger partial charge in [0.25, 0.3) is 0 Å². The van der Waals surface area contributed by atoms with Crippen LogP contribution in [0.25, 0.3) is 0 Å². The van der Waals surface area contributed by atoms with Crippen molar-refractivity contribution in [2.24, 2.45) is 11.8 Å². The molecule has 0 spiro atoms. The average Bonchev–Trinajstić information content (AvgIpc) is 3.02. The van der Waals surface area contributed by atoms with Gasteiger partial charge in [0.2, 0.25) is 5.91 Å². The molecule has 1 atom stereocenters. The molecule has 3 heterocycles. The lowest BCUT2D eigenvalue weighted by molar-refractivity contribution is -0.129. The van der Waals surface area contributed by atoms with Gasteiger partial charge in [-0.1, -0.05) is 6.07 Å². The predicted molar refractivity (Wildman–Crippen MR) is 101 cm³/mol. The van der Waals surface area contributed by atoms with Crippen molar-refractivity contribution in [2.75, 3.05) is 26.2 Å². The fraction of sp³-hybridized carbons (Fsp3) is 0.650. The van der Waals surface area contributed by atoms with Crippen LogP contribution >= 0.6 is 0 Å². The molecule has 1 aromatic heterocycles. The van der Waals surface area contributed by atoms with Crippen molar-refractivity contribution in [1.82, 2.24) is 20.1 Å². The molecule has 0 aliphatic carbocycles. The molecule has 6 nitrogen and oxygen atoms in total. The van der Waals surface area contributed by atoms with E-state index in [0.717, 1.165) is 38.9 Å². The van der Waals surface area contributed by atoms with Crippen molar-refractivity contribution in [3.05, 3.63) is 30.1 Å². The highest BCUT2D eigenvalue weighted by Gasteiger charge is 2.31. The van der Waals surface area contributed by atoms with E-state index in [1.54, 1.807) is 6.20 Å². The summed E-state index contributed by atoms with van der Waals surface area (Å²) < 4.78 is 0. The Hall–Kier alpha value is -2.11. The highest BCUT2D eigenvalue weighted by Crippen LogP contribution is 2.22. The van der Waals surface area contributed by atoms with Gasteiger partial charge in [-0.3, -0.25) is 9.78 Å². The van der Waals surface area contributed by atoms with Crippen molar-refractivity contribution >= 4 is 11.9 Å². The van der Waals surface area contributed by atoms with Crippen LogP contribution < -0.4 is 5.32 Å². The summed E-state index contributed by atoms with van der Waals surface area (Å²) in [6.45, 7) is 7.02. The molecule has 2 saturated heterocycles. The predicted octanol–water partition coefficient (Wildman–Crippen LogP) is 2.30. The van der Waals surface area contributed by atoms with Gasteiger partial charge in [-0.15, -0.1) is 0 Å². The zero-order valence-electron chi connectivity index (χ0n) is 15.9. The van der Waals surface area contributed by atoms with Crippen LogP contribution in [0, 0.1) is 11.8 Å². The number of nitrogens with one attached hydrogen (secondary N) is 1. The Labute approximate surface area is 156 Å². The Morgan fingerprint density at radius 1 is 1.31 bits per heavy atom. The Bertz CT molecular complexity index is 611. The van der Waals surface area contributed by atoms with Crippen LogP contribution in [-0.2, 0) is 11.2 Å². The molecule has 1 aromatic rings. The third-order valence-corrected chi connectivity index (χ3v) is 5.55. The molecule has 1 N–H and O–H groups in total. The van der Waals surface area contributed by atoms with Crippen LogP contribution in [0.1, 0.15) is 38.7 Å².